The fourth-order valence-electron chi connectivity index (χ4n) is 1.62. The van der Waals surface area contributed by atoms with Crippen LogP contribution in [0.25, 0.3) is 0 Å². The van der Waals surface area contributed by atoms with Crippen molar-refractivity contribution in [2.45, 2.75) is 13.5 Å². The summed E-state index contributed by atoms with van der Waals surface area (Å²) in [5.41, 5.74) is 1.87. The van der Waals surface area contributed by atoms with Crippen LogP contribution >= 0.6 is 0 Å². The molecule has 98 valence electrons. The Bertz CT molecular complexity index is 576. The van der Waals surface area contributed by atoms with Gasteiger partial charge in [-0.25, -0.2) is 0 Å². The SMILES string of the molecule is Cc1ccn(CCOc2ccc(C#CCO)cc2)n1. The van der Waals surface area contributed by atoms with Crippen molar-refractivity contribution in [1.29, 1.82) is 0 Å². The van der Waals surface area contributed by atoms with E-state index in [2.05, 4.69) is 16.9 Å². The van der Waals surface area contributed by atoms with Crippen LogP contribution in [0.4, 0.5) is 0 Å². The zero-order valence-corrected chi connectivity index (χ0v) is 10.8. The third-order valence-electron chi connectivity index (χ3n) is 2.53. The first-order valence-corrected chi connectivity index (χ1v) is 6.10. The molecule has 2 rings (SSSR count). The molecule has 0 amide bonds. The fraction of sp³-hybridized carbons (Fsp3) is 0.267. The van der Waals surface area contributed by atoms with Crippen molar-refractivity contribution in [3.05, 3.63) is 47.8 Å². The number of aliphatic hydroxyl groups excluding tert-OH is 1. The van der Waals surface area contributed by atoms with Crippen LogP contribution in [0, 0.1) is 18.8 Å². The first-order valence-electron chi connectivity index (χ1n) is 6.10. The largest absolute Gasteiger partial charge is 0.492 e. The van der Waals surface area contributed by atoms with E-state index in [1.807, 2.05) is 48.1 Å². The van der Waals surface area contributed by atoms with E-state index in [0.29, 0.717) is 6.61 Å². The first-order chi connectivity index (χ1) is 9.28. The fourth-order valence-corrected chi connectivity index (χ4v) is 1.62. The van der Waals surface area contributed by atoms with E-state index in [0.717, 1.165) is 23.6 Å². The number of aliphatic hydroxyl groups is 1. The van der Waals surface area contributed by atoms with E-state index in [-0.39, 0.29) is 6.61 Å². The Labute approximate surface area is 112 Å². The molecule has 0 saturated heterocycles. The van der Waals surface area contributed by atoms with E-state index in [1.165, 1.54) is 0 Å². The molecule has 1 N–H and O–H groups in total. The molecule has 0 fully saturated rings. The molecule has 0 unspecified atom stereocenters. The molecule has 1 aromatic carbocycles. The zero-order valence-electron chi connectivity index (χ0n) is 10.8. The number of nitrogens with zero attached hydrogens (tertiary/aromatic N) is 2. The highest BCUT2D eigenvalue weighted by Gasteiger charge is 1.96. The highest BCUT2D eigenvalue weighted by molar-refractivity contribution is 5.38. The molecule has 2 aromatic rings. The van der Waals surface area contributed by atoms with Gasteiger partial charge < -0.3 is 9.84 Å². The highest BCUT2D eigenvalue weighted by atomic mass is 16.5. The third kappa shape index (κ3) is 4.16. The molecule has 19 heavy (non-hydrogen) atoms. The van der Waals surface area contributed by atoms with Gasteiger partial charge in [0.2, 0.25) is 0 Å². The van der Waals surface area contributed by atoms with Crippen LogP contribution < -0.4 is 4.74 Å². The second-order valence-electron chi connectivity index (χ2n) is 4.05. The highest BCUT2D eigenvalue weighted by Crippen LogP contribution is 2.11. The molecule has 4 nitrogen and oxygen atoms in total. The summed E-state index contributed by atoms with van der Waals surface area (Å²) in [6, 6.07) is 9.45. The normalized spacial score (nSPS) is 9.79. The number of benzene rings is 1. The maximum atomic E-state index is 8.60. The van der Waals surface area contributed by atoms with Crippen molar-refractivity contribution < 1.29 is 9.84 Å². The molecule has 0 aliphatic heterocycles. The summed E-state index contributed by atoms with van der Waals surface area (Å²) in [6.45, 7) is 3.13. The Kier molecular flexibility index (Phi) is 4.60. The molecule has 4 heteroatoms. The van der Waals surface area contributed by atoms with Gasteiger partial charge in [0.25, 0.3) is 0 Å². The molecule has 0 spiro atoms. The molecule has 0 saturated carbocycles. The summed E-state index contributed by atoms with van der Waals surface area (Å²) >= 11 is 0. The molecule has 0 atom stereocenters. The lowest BCUT2D eigenvalue weighted by atomic mass is 10.2. The summed E-state index contributed by atoms with van der Waals surface area (Å²) in [6.07, 6.45) is 1.94. The minimum atomic E-state index is -0.123. The molecular formula is C15H16N2O2. The van der Waals surface area contributed by atoms with Crippen molar-refractivity contribution in [2.24, 2.45) is 0 Å². The van der Waals surface area contributed by atoms with E-state index < -0.39 is 0 Å². The number of hydrogen-bond acceptors (Lipinski definition) is 3. The third-order valence-corrected chi connectivity index (χ3v) is 2.53. The maximum Gasteiger partial charge on any atom is 0.119 e. The summed E-state index contributed by atoms with van der Waals surface area (Å²) < 4.78 is 7.48. The summed E-state index contributed by atoms with van der Waals surface area (Å²) in [4.78, 5) is 0. The van der Waals surface area contributed by atoms with Crippen molar-refractivity contribution in [1.82, 2.24) is 9.78 Å². The smallest absolute Gasteiger partial charge is 0.119 e. The van der Waals surface area contributed by atoms with Gasteiger partial charge in [0, 0.05) is 11.8 Å². The molecule has 0 radical (unpaired) electrons. The summed E-state index contributed by atoms with van der Waals surface area (Å²) in [5, 5.41) is 12.9. The molecule has 0 aliphatic carbocycles. The number of rotatable bonds is 4. The monoisotopic (exact) mass is 256 g/mol. The Morgan fingerprint density at radius 1 is 1.26 bits per heavy atom. The average molecular weight is 256 g/mol. The predicted molar refractivity (Wildman–Crippen MR) is 72.9 cm³/mol. The van der Waals surface area contributed by atoms with Gasteiger partial charge in [0.15, 0.2) is 0 Å². The second kappa shape index (κ2) is 6.62. The molecular weight excluding hydrogens is 240 g/mol. The van der Waals surface area contributed by atoms with Crippen LogP contribution in [-0.4, -0.2) is 28.1 Å². The Balaban J connectivity index is 1.83. The van der Waals surface area contributed by atoms with Crippen molar-refractivity contribution >= 4 is 0 Å². The number of aromatic nitrogens is 2. The van der Waals surface area contributed by atoms with Gasteiger partial charge in [-0.2, -0.15) is 5.10 Å². The minimum Gasteiger partial charge on any atom is -0.492 e. The van der Waals surface area contributed by atoms with Crippen LogP contribution in [-0.2, 0) is 6.54 Å². The Hall–Kier alpha value is -2.25. The van der Waals surface area contributed by atoms with E-state index in [4.69, 9.17) is 9.84 Å². The number of aryl methyl sites for hydroxylation is 1. The van der Waals surface area contributed by atoms with Gasteiger partial charge in [-0.3, -0.25) is 4.68 Å². The average Bonchev–Trinajstić information content (AvgIpc) is 2.84. The standard InChI is InChI=1S/C15H16N2O2/c1-13-8-9-17(16-13)10-12-19-15-6-4-14(5-7-15)3-2-11-18/h4-9,18H,10-12H2,1H3. The Morgan fingerprint density at radius 3 is 2.68 bits per heavy atom. The quantitative estimate of drug-likeness (QED) is 0.845. The van der Waals surface area contributed by atoms with Crippen LogP contribution in [0.2, 0.25) is 0 Å². The van der Waals surface area contributed by atoms with Crippen LogP contribution in [0.5, 0.6) is 5.75 Å². The lowest BCUT2D eigenvalue weighted by Gasteiger charge is -2.06. The van der Waals surface area contributed by atoms with Crippen molar-refractivity contribution in [3.63, 3.8) is 0 Å². The summed E-state index contributed by atoms with van der Waals surface area (Å²) in [7, 11) is 0. The van der Waals surface area contributed by atoms with Gasteiger partial charge in [0.05, 0.1) is 12.2 Å². The van der Waals surface area contributed by atoms with Gasteiger partial charge in [-0.1, -0.05) is 11.8 Å². The van der Waals surface area contributed by atoms with Gasteiger partial charge in [-0.05, 0) is 37.3 Å². The molecule has 0 aliphatic rings. The van der Waals surface area contributed by atoms with Crippen LogP contribution in [0.15, 0.2) is 36.5 Å². The lowest BCUT2D eigenvalue weighted by Crippen LogP contribution is -2.08. The van der Waals surface area contributed by atoms with Crippen molar-refractivity contribution in [2.75, 3.05) is 13.2 Å². The van der Waals surface area contributed by atoms with E-state index in [9.17, 15) is 0 Å². The Morgan fingerprint density at radius 2 is 2.05 bits per heavy atom. The van der Waals surface area contributed by atoms with E-state index in [1.54, 1.807) is 0 Å². The molecule has 0 bridgehead atoms. The lowest BCUT2D eigenvalue weighted by molar-refractivity contribution is 0.291. The first kappa shape index (κ1) is 13.2. The van der Waals surface area contributed by atoms with Crippen LogP contribution in [0.3, 0.4) is 0 Å². The van der Waals surface area contributed by atoms with Crippen LogP contribution in [0.1, 0.15) is 11.3 Å². The van der Waals surface area contributed by atoms with Gasteiger partial charge in [-0.15, -0.1) is 0 Å². The maximum absolute atomic E-state index is 8.60. The topological polar surface area (TPSA) is 47.3 Å². The predicted octanol–water partition coefficient (Wildman–Crippen LogP) is 1.61. The summed E-state index contributed by atoms with van der Waals surface area (Å²) in [5.74, 6) is 6.24. The second-order valence-corrected chi connectivity index (χ2v) is 4.05. The van der Waals surface area contributed by atoms with E-state index >= 15 is 0 Å². The van der Waals surface area contributed by atoms with Gasteiger partial charge in [0.1, 0.15) is 19.0 Å². The minimum absolute atomic E-state index is 0.123. The van der Waals surface area contributed by atoms with Crippen molar-refractivity contribution in [3.8, 4) is 17.6 Å². The molecule has 1 heterocycles. The van der Waals surface area contributed by atoms with Gasteiger partial charge >= 0.3 is 0 Å². The molecule has 1 aromatic heterocycles. The number of hydrogen-bond donors (Lipinski definition) is 1. The zero-order chi connectivity index (χ0) is 13.5. The number of ether oxygens (including phenoxy) is 1.